The van der Waals surface area contributed by atoms with Gasteiger partial charge >= 0.3 is 5.97 Å². The lowest BCUT2D eigenvalue weighted by molar-refractivity contribution is -0.140. The van der Waals surface area contributed by atoms with E-state index in [1.54, 1.807) is 6.08 Å². The number of rotatable bonds is 6. The van der Waals surface area contributed by atoms with E-state index in [-0.39, 0.29) is 13.2 Å². The highest BCUT2D eigenvalue weighted by molar-refractivity contribution is 5.88. The minimum Gasteiger partial charge on any atom is -0.457 e. The fourth-order valence-electron chi connectivity index (χ4n) is 1.33. The van der Waals surface area contributed by atoms with E-state index in [1.807, 2.05) is 30.3 Å². The van der Waals surface area contributed by atoms with E-state index >= 15 is 0 Å². The summed E-state index contributed by atoms with van der Waals surface area (Å²) in [6.07, 6.45) is 3.44. The fraction of sp³-hybridized carbons (Fsp3) is 0.214. The van der Waals surface area contributed by atoms with Crippen LogP contribution in [0.4, 0.5) is 0 Å². The second-order valence-corrected chi connectivity index (χ2v) is 3.47. The Kier molecular flexibility index (Phi) is 5.75. The topological polar surface area (TPSA) is 46.5 Å². The molecular weight excluding hydrogens is 216 g/mol. The van der Waals surface area contributed by atoms with Gasteiger partial charge in [-0.3, -0.25) is 0 Å². The first-order chi connectivity index (χ1) is 8.27. The van der Waals surface area contributed by atoms with Crippen molar-refractivity contribution in [1.82, 2.24) is 0 Å². The number of hydrogen-bond donors (Lipinski definition) is 1. The zero-order chi connectivity index (χ0) is 12.5. The summed E-state index contributed by atoms with van der Waals surface area (Å²) in [5, 5.41) is 8.78. The van der Waals surface area contributed by atoms with Gasteiger partial charge in [-0.25, -0.2) is 4.79 Å². The highest BCUT2D eigenvalue weighted by Gasteiger charge is 2.08. The molecule has 90 valence electrons. The van der Waals surface area contributed by atoms with E-state index in [2.05, 4.69) is 6.58 Å². The molecule has 0 saturated carbocycles. The van der Waals surface area contributed by atoms with E-state index in [4.69, 9.17) is 9.84 Å². The molecule has 0 saturated heterocycles. The summed E-state index contributed by atoms with van der Waals surface area (Å²) in [5.74, 6) is -0.414. The molecule has 0 amide bonds. The molecule has 0 aliphatic rings. The van der Waals surface area contributed by atoms with Gasteiger partial charge in [-0.05, 0) is 18.1 Å². The van der Waals surface area contributed by atoms with Crippen LogP contribution in [0, 0.1) is 0 Å². The van der Waals surface area contributed by atoms with Crippen LogP contribution in [-0.2, 0) is 16.1 Å². The first-order valence-corrected chi connectivity index (χ1v) is 5.39. The highest BCUT2D eigenvalue weighted by atomic mass is 16.5. The van der Waals surface area contributed by atoms with Crippen molar-refractivity contribution in [1.29, 1.82) is 0 Å². The van der Waals surface area contributed by atoms with Gasteiger partial charge in [0.15, 0.2) is 0 Å². The number of allylic oxidation sites excluding steroid dienone is 1. The van der Waals surface area contributed by atoms with Crippen LogP contribution in [0.3, 0.4) is 0 Å². The van der Waals surface area contributed by atoms with E-state index in [1.165, 1.54) is 6.08 Å². The van der Waals surface area contributed by atoms with Gasteiger partial charge < -0.3 is 9.84 Å². The molecule has 1 aromatic carbocycles. The van der Waals surface area contributed by atoms with E-state index in [0.717, 1.165) is 5.56 Å². The molecule has 17 heavy (non-hydrogen) atoms. The van der Waals surface area contributed by atoms with Crippen LogP contribution in [0.15, 0.2) is 54.6 Å². The molecule has 0 bridgehead atoms. The van der Waals surface area contributed by atoms with Gasteiger partial charge in [-0.15, -0.1) is 6.58 Å². The number of ether oxygens (including phenoxy) is 1. The molecule has 3 nitrogen and oxygen atoms in total. The van der Waals surface area contributed by atoms with Gasteiger partial charge in [0.25, 0.3) is 0 Å². The summed E-state index contributed by atoms with van der Waals surface area (Å²) in [5.41, 5.74) is 1.36. The number of benzene rings is 1. The first-order valence-electron chi connectivity index (χ1n) is 5.39. The SMILES string of the molecule is C=CC/C(=C\CO)C(=O)OCc1ccccc1. The monoisotopic (exact) mass is 232 g/mol. The minimum absolute atomic E-state index is 0.177. The molecule has 0 atom stereocenters. The van der Waals surface area contributed by atoms with Gasteiger partial charge in [-0.1, -0.05) is 36.4 Å². The second kappa shape index (κ2) is 7.41. The molecule has 0 radical (unpaired) electrons. The molecule has 0 unspecified atom stereocenters. The lowest BCUT2D eigenvalue weighted by Gasteiger charge is -2.06. The molecule has 3 heteroatoms. The molecule has 1 aromatic rings. The van der Waals surface area contributed by atoms with Crippen LogP contribution in [0.25, 0.3) is 0 Å². The van der Waals surface area contributed by atoms with Crippen molar-refractivity contribution in [2.24, 2.45) is 0 Å². The Morgan fingerprint density at radius 1 is 1.35 bits per heavy atom. The zero-order valence-electron chi connectivity index (χ0n) is 9.63. The van der Waals surface area contributed by atoms with Crippen molar-refractivity contribution in [2.75, 3.05) is 6.61 Å². The Hall–Kier alpha value is -1.87. The molecule has 1 N–H and O–H groups in total. The quantitative estimate of drug-likeness (QED) is 0.465. The average Bonchev–Trinajstić information content (AvgIpc) is 2.37. The van der Waals surface area contributed by atoms with Crippen molar-refractivity contribution < 1.29 is 14.6 Å². The van der Waals surface area contributed by atoms with Gasteiger partial charge in [0, 0.05) is 5.57 Å². The lowest BCUT2D eigenvalue weighted by Crippen LogP contribution is -2.08. The number of carbonyl (C=O) groups is 1. The molecular formula is C14H16O3. The average molecular weight is 232 g/mol. The summed E-state index contributed by atoms with van der Waals surface area (Å²) in [6, 6.07) is 9.45. The normalized spacial score (nSPS) is 11.0. The highest BCUT2D eigenvalue weighted by Crippen LogP contribution is 2.08. The van der Waals surface area contributed by atoms with Crippen molar-refractivity contribution in [3.05, 3.63) is 60.2 Å². The van der Waals surface area contributed by atoms with E-state index < -0.39 is 5.97 Å². The summed E-state index contributed by atoms with van der Waals surface area (Å²) in [7, 11) is 0. The van der Waals surface area contributed by atoms with Gasteiger partial charge in [0.1, 0.15) is 6.61 Å². The summed E-state index contributed by atoms with van der Waals surface area (Å²) >= 11 is 0. The van der Waals surface area contributed by atoms with Crippen molar-refractivity contribution in [3.8, 4) is 0 Å². The number of hydrogen-bond acceptors (Lipinski definition) is 3. The van der Waals surface area contributed by atoms with Gasteiger partial charge in [-0.2, -0.15) is 0 Å². The van der Waals surface area contributed by atoms with Crippen molar-refractivity contribution in [3.63, 3.8) is 0 Å². The summed E-state index contributed by atoms with van der Waals surface area (Å²) in [6.45, 7) is 3.61. The Morgan fingerprint density at radius 3 is 2.65 bits per heavy atom. The van der Waals surface area contributed by atoms with E-state index in [9.17, 15) is 4.79 Å². The summed E-state index contributed by atoms with van der Waals surface area (Å²) in [4.78, 5) is 11.6. The maximum Gasteiger partial charge on any atom is 0.334 e. The molecule has 0 aromatic heterocycles. The van der Waals surface area contributed by atoms with Crippen LogP contribution in [0.2, 0.25) is 0 Å². The number of aliphatic hydroxyl groups excluding tert-OH is 1. The molecule has 0 aliphatic carbocycles. The standard InChI is InChI=1S/C14H16O3/c1-2-6-13(9-10-15)14(16)17-11-12-7-4-3-5-8-12/h2-5,7-9,15H,1,6,10-11H2/b13-9+. The Balaban J connectivity index is 2.53. The third-order valence-electron chi connectivity index (χ3n) is 2.18. The van der Waals surface area contributed by atoms with Crippen LogP contribution >= 0.6 is 0 Å². The molecule has 0 fully saturated rings. The smallest absolute Gasteiger partial charge is 0.334 e. The van der Waals surface area contributed by atoms with Crippen LogP contribution in [0.5, 0.6) is 0 Å². The second-order valence-electron chi connectivity index (χ2n) is 3.47. The maximum atomic E-state index is 11.6. The van der Waals surface area contributed by atoms with Crippen LogP contribution in [0.1, 0.15) is 12.0 Å². The van der Waals surface area contributed by atoms with Crippen LogP contribution in [-0.4, -0.2) is 17.7 Å². The minimum atomic E-state index is -0.414. The number of carbonyl (C=O) groups excluding carboxylic acids is 1. The number of aliphatic hydroxyl groups is 1. The van der Waals surface area contributed by atoms with Gasteiger partial charge in [0.05, 0.1) is 6.61 Å². The summed E-state index contributed by atoms with van der Waals surface area (Å²) < 4.78 is 5.13. The zero-order valence-corrected chi connectivity index (χ0v) is 9.63. The van der Waals surface area contributed by atoms with Gasteiger partial charge in [0.2, 0.25) is 0 Å². The molecule has 0 aliphatic heterocycles. The number of esters is 1. The van der Waals surface area contributed by atoms with Crippen LogP contribution < -0.4 is 0 Å². The first kappa shape index (κ1) is 13.2. The molecule has 0 heterocycles. The third kappa shape index (κ3) is 4.66. The fourth-order valence-corrected chi connectivity index (χ4v) is 1.33. The Morgan fingerprint density at radius 2 is 2.06 bits per heavy atom. The Bertz CT molecular complexity index is 393. The van der Waals surface area contributed by atoms with E-state index in [0.29, 0.717) is 12.0 Å². The lowest BCUT2D eigenvalue weighted by atomic mass is 10.2. The largest absolute Gasteiger partial charge is 0.457 e. The van der Waals surface area contributed by atoms with Crippen molar-refractivity contribution >= 4 is 5.97 Å². The Labute approximate surface area is 101 Å². The molecule has 1 rings (SSSR count). The van der Waals surface area contributed by atoms with Crippen molar-refractivity contribution in [2.45, 2.75) is 13.0 Å². The predicted octanol–water partition coefficient (Wildman–Crippen LogP) is 2.22. The predicted molar refractivity (Wildman–Crippen MR) is 66.2 cm³/mol. The molecule has 0 spiro atoms. The third-order valence-corrected chi connectivity index (χ3v) is 2.18. The maximum absolute atomic E-state index is 11.6.